The van der Waals surface area contributed by atoms with Crippen molar-refractivity contribution in [1.82, 2.24) is 0 Å². The van der Waals surface area contributed by atoms with E-state index in [-0.39, 0.29) is 0 Å². The lowest BCUT2D eigenvalue weighted by atomic mass is 9.83. The summed E-state index contributed by atoms with van der Waals surface area (Å²) < 4.78 is 12.0. The Labute approximate surface area is 84.8 Å². The van der Waals surface area contributed by atoms with Crippen molar-refractivity contribution >= 4 is 10.8 Å². The minimum atomic E-state index is -0.618. The quantitative estimate of drug-likeness (QED) is 0.673. The van der Waals surface area contributed by atoms with Crippen LogP contribution in [0, 0.1) is 11.8 Å². The summed E-state index contributed by atoms with van der Waals surface area (Å²) >= 11 is 0. The van der Waals surface area contributed by atoms with Crippen molar-refractivity contribution in [2.75, 3.05) is 0 Å². The van der Waals surface area contributed by atoms with Crippen molar-refractivity contribution < 1.29 is 4.21 Å². The van der Waals surface area contributed by atoms with E-state index < -0.39 is 10.8 Å². The Balaban J connectivity index is 2.68. The van der Waals surface area contributed by atoms with Gasteiger partial charge in [0.15, 0.2) is 0 Å². The first-order chi connectivity index (χ1) is 6.04. The van der Waals surface area contributed by atoms with Gasteiger partial charge < -0.3 is 0 Å². The third-order valence-corrected chi connectivity index (χ3v) is 5.57. The van der Waals surface area contributed by atoms with Crippen molar-refractivity contribution in [2.24, 2.45) is 11.8 Å². The predicted molar refractivity (Wildman–Crippen MR) is 59.2 cm³/mol. The van der Waals surface area contributed by atoms with Crippen LogP contribution in [0.25, 0.3) is 0 Å². The van der Waals surface area contributed by atoms with Gasteiger partial charge in [-0.3, -0.25) is 4.21 Å². The van der Waals surface area contributed by atoms with Gasteiger partial charge in [-0.1, -0.05) is 34.1 Å². The van der Waals surface area contributed by atoms with Gasteiger partial charge in [0.05, 0.1) is 0 Å². The largest absolute Gasteiger partial charge is 0.259 e. The van der Waals surface area contributed by atoms with Gasteiger partial charge in [-0.25, -0.2) is 0 Å². The lowest BCUT2D eigenvalue weighted by Gasteiger charge is -2.34. The molecule has 0 aliphatic heterocycles. The molecule has 1 aliphatic rings. The fourth-order valence-electron chi connectivity index (χ4n) is 2.42. The molecule has 78 valence electrons. The van der Waals surface area contributed by atoms with E-state index in [0.717, 1.165) is 0 Å². The molecule has 1 nitrogen and oxygen atoms in total. The SMILES string of the molecule is CC1CCCC(C)C1S(=O)C(C)C. The Hall–Kier alpha value is 0.150. The van der Waals surface area contributed by atoms with Crippen LogP contribution >= 0.6 is 0 Å². The molecule has 1 saturated carbocycles. The van der Waals surface area contributed by atoms with Crippen molar-refractivity contribution in [3.63, 3.8) is 0 Å². The second-order valence-corrected chi connectivity index (χ2v) is 6.87. The van der Waals surface area contributed by atoms with Crippen LogP contribution in [0.1, 0.15) is 47.0 Å². The van der Waals surface area contributed by atoms with Crippen LogP contribution in [0.2, 0.25) is 0 Å². The first-order valence-electron chi connectivity index (χ1n) is 5.43. The first-order valence-corrected chi connectivity index (χ1v) is 6.71. The molecule has 1 fully saturated rings. The van der Waals surface area contributed by atoms with Gasteiger partial charge in [0, 0.05) is 21.3 Å². The van der Waals surface area contributed by atoms with E-state index in [9.17, 15) is 4.21 Å². The standard InChI is InChI=1S/C11H22OS/c1-8(2)13(12)11-9(3)6-5-7-10(11)4/h8-11H,5-7H2,1-4H3. The maximum absolute atomic E-state index is 12.0. The van der Waals surface area contributed by atoms with Crippen LogP contribution < -0.4 is 0 Å². The average molecular weight is 202 g/mol. The van der Waals surface area contributed by atoms with Crippen LogP contribution in [0.5, 0.6) is 0 Å². The predicted octanol–water partition coefficient (Wildman–Crippen LogP) is 2.97. The van der Waals surface area contributed by atoms with Crippen LogP contribution in [0.4, 0.5) is 0 Å². The van der Waals surface area contributed by atoms with E-state index >= 15 is 0 Å². The van der Waals surface area contributed by atoms with E-state index in [1.54, 1.807) is 0 Å². The smallest absolute Gasteiger partial charge is 0.0401 e. The average Bonchev–Trinajstić information content (AvgIpc) is 2.03. The molecule has 1 aliphatic carbocycles. The lowest BCUT2D eigenvalue weighted by Crippen LogP contribution is -2.37. The molecule has 1 rings (SSSR count). The molecule has 0 bridgehead atoms. The van der Waals surface area contributed by atoms with Crippen LogP contribution in [0.15, 0.2) is 0 Å². The summed E-state index contributed by atoms with van der Waals surface area (Å²) in [5.74, 6) is 1.32. The second kappa shape index (κ2) is 4.59. The van der Waals surface area contributed by atoms with Gasteiger partial charge in [-0.2, -0.15) is 0 Å². The van der Waals surface area contributed by atoms with Gasteiger partial charge in [0.1, 0.15) is 0 Å². The maximum atomic E-state index is 12.0. The minimum absolute atomic E-state index is 0.327. The highest BCUT2D eigenvalue weighted by atomic mass is 32.2. The molecule has 3 atom stereocenters. The van der Waals surface area contributed by atoms with Crippen molar-refractivity contribution in [3.05, 3.63) is 0 Å². The normalized spacial score (nSPS) is 37.8. The van der Waals surface area contributed by atoms with Gasteiger partial charge in [-0.15, -0.1) is 0 Å². The topological polar surface area (TPSA) is 17.1 Å². The van der Waals surface area contributed by atoms with Gasteiger partial charge >= 0.3 is 0 Å². The van der Waals surface area contributed by atoms with Gasteiger partial charge in [-0.05, 0) is 24.7 Å². The Bertz CT molecular complexity index is 179. The number of hydrogen-bond acceptors (Lipinski definition) is 1. The molecular formula is C11H22OS. The van der Waals surface area contributed by atoms with Crippen LogP contribution in [-0.4, -0.2) is 14.7 Å². The van der Waals surface area contributed by atoms with E-state index in [2.05, 4.69) is 27.7 Å². The van der Waals surface area contributed by atoms with E-state index in [4.69, 9.17) is 0 Å². The molecule has 0 saturated heterocycles. The molecule has 0 heterocycles. The minimum Gasteiger partial charge on any atom is -0.259 e. The summed E-state index contributed by atoms with van der Waals surface area (Å²) in [5.41, 5.74) is 0. The monoisotopic (exact) mass is 202 g/mol. The third kappa shape index (κ3) is 2.55. The van der Waals surface area contributed by atoms with E-state index in [1.165, 1.54) is 19.3 Å². The Morgan fingerprint density at radius 3 is 2.00 bits per heavy atom. The Morgan fingerprint density at radius 1 is 1.15 bits per heavy atom. The fourth-order valence-corrected chi connectivity index (χ4v) is 4.24. The number of rotatable bonds is 2. The van der Waals surface area contributed by atoms with E-state index in [0.29, 0.717) is 22.3 Å². The Morgan fingerprint density at radius 2 is 1.62 bits per heavy atom. The summed E-state index contributed by atoms with van der Waals surface area (Å²) in [4.78, 5) is 0. The highest BCUT2D eigenvalue weighted by Gasteiger charge is 2.33. The van der Waals surface area contributed by atoms with Gasteiger partial charge in [0.2, 0.25) is 0 Å². The van der Waals surface area contributed by atoms with Crippen molar-refractivity contribution in [1.29, 1.82) is 0 Å². The summed E-state index contributed by atoms with van der Waals surface area (Å²) in [6, 6.07) is 0. The zero-order valence-electron chi connectivity index (χ0n) is 9.25. The zero-order valence-corrected chi connectivity index (χ0v) is 10.1. The molecule has 0 aromatic rings. The molecule has 13 heavy (non-hydrogen) atoms. The van der Waals surface area contributed by atoms with Gasteiger partial charge in [0.25, 0.3) is 0 Å². The third-order valence-electron chi connectivity index (χ3n) is 3.17. The lowest BCUT2D eigenvalue weighted by molar-refractivity contribution is 0.308. The molecular weight excluding hydrogens is 180 g/mol. The molecule has 0 spiro atoms. The Kier molecular flexibility index (Phi) is 3.96. The molecule has 0 aromatic carbocycles. The van der Waals surface area contributed by atoms with E-state index in [1.807, 2.05) is 0 Å². The molecule has 0 aromatic heterocycles. The summed E-state index contributed by atoms with van der Waals surface area (Å²) in [6.45, 7) is 8.68. The highest BCUT2D eigenvalue weighted by Crippen LogP contribution is 2.33. The van der Waals surface area contributed by atoms with Crippen molar-refractivity contribution in [3.8, 4) is 0 Å². The molecule has 0 N–H and O–H groups in total. The van der Waals surface area contributed by atoms with Crippen LogP contribution in [-0.2, 0) is 10.8 Å². The zero-order chi connectivity index (χ0) is 10.0. The van der Waals surface area contributed by atoms with Crippen molar-refractivity contribution in [2.45, 2.75) is 57.5 Å². The summed E-state index contributed by atoms with van der Waals surface area (Å²) in [6.07, 6.45) is 3.87. The second-order valence-electron chi connectivity index (χ2n) is 4.73. The summed E-state index contributed by atoms with van der Waals surface area (Å²) in [7, 11) is -0.618. The van der Waals surface area contributed by atoms with Crippen LogP contribution in [0.3, 0.4) is 0 Å². The summed E-state index contributed by atoms with van der Waals surface area (Å²) in [5, 5.41) is 0.779. The molecule has 3 unspecified atom stereocenters. The maximum Gasteiger partial charge on any atom is 0.0401 e. The molecule has 0 amide bonds. The molecule has 2 heteroatoms. The molecule has 0 radical (unpaired) electrons. The highest BCUT2D eigenvalue weighted by molar-refractivity contribution is 7.86. The first kappa shape index (κ1) is 11.2. The number of hydrogen-bond donors (Lipinski definition) is 0. The fraction of sp³-hybridized carbons (Fsp3) is 1.00.